The van der Waals surface area contributed by atoms with E-state index in [1.807, 2.05) is 30.3 Å². The second-order valence-electron chi connectivity index (χ2n) is 6.53. The van der Waals surface area contributed by atoms with Gasteiger partial charge in [0.1, 0.15) is 11.4 Å². The molecule has 132 valence electrons. The third-order valence-corrected chi connectivity index (χ3v) is 3.18. The number of anilines is 1. The lowest BCUT2D eigenvalue weighted by atomic mass is 10.1. The van der Waals surface area contributed by atoms with Crippen molar-refractivity contribution in [3.63, 3.8) is 0 Å². The van der Waals surface area contributed by atoms with E-state index in [-0.39, 0.29) is 17.0 Å². The molecule has 0 aliphatic heterocycles. The highest BCUT2D eigenvalue weighted by molar-refractivity contribution is 6.03. The van der Waals surface area contributed by atoms with E-state index >= 15 is 0 Å². The summed E-state index contributed by atoms with van der Waals surface area (Å²) in [7, 11) is 0. The number of nitrogens with one attached hydrogen (secondary N) is 2. The molecule has 6 heteroatoms. The van der Waals surface area contributed by atoms with Crippen LogP contribution in [-0.2, 0) is 11.3 Å². The number of hydrogen-bond acceptors (Lipinski definition) is 4. The van der Waals surface area contributed by atoms with Crippen LogP contribution in [0.25, 0.3) is 0 Å². The SMILES string of the molecule is CC(C)(C)OC(=O)Nc1ccc(O)cc1C(=O)NCc1ccccc1. The summed E-state index contributed by atoms with van der Waals surface area (Å²) < 4.78 is 5.19. The van der Waals surface area contributed by atoms with Crippen LogP contribution in [0.1, 0.15) is 36.7 Å². The molecule has 6 nitrogen and oxygen atoms in total. The first-order chi connectivity index (χ1) is 11.7. The zero-order valence-corrected chi connectivity index (χ0v) is 14.5. The Balaban J connectivity index is 2.12. The topological polar surface area (TPSA) is 87.7 Å². The third kappa shape index (κ3) is 5.84. The Kier molecular flexibility index (Phi) is 5.64. The van der Waals surface area contributed by atoms with Gasteiger partial charge < -0.3 is 15.2 Å². The van der Waals surface area contributed by atoms with Crippen LogP contribution in [0.4, 0.5) is 10.5 Å². The molecule has 0 saturated carbocycles. The number of aromatic hydroxyl groups is 1. The predicted molar refractivity (Wildman–Crippen MR) is 95.6 cm³/mol. The smallest absolute Gasteiger partial charge is 0.412 e. The maximum atomic E-state index is 12.4. The number of phenolic OH excluding ortho intramolecular Hbond substituents is 1. The van der Waals surface area contributed by atoms with E-state index in [9.17, 15) is 14.7 Å². The van der Waals surface area contributed by atoms with Crippen LogP contribution >= 0.6 is 0 Å². The Hall–Kier alpha value is -3.02. The van der Waals surface area contributed by atoms with Gasteiger partial charge in [-0.2, -0.15) is 0 Å². The van der Waals surface area contributed by atoms with Gasteiger partial charge in [0.25, 0.3) is 5.91 Å². The molecule has 0 aliphatic rings. The van der Waals surface area contributed by atoms with Crippen LogP contribution in [0.5, 0.6) is 5.75 Å². The minimum absolute atomic E-state index is 0.0698. The molecule has 2 rings (SSSR count). The lowest BCUT2D eigenvalue weighted by Crippen LogP contribution is -2.29. The molecular formula is C19H22N2O4. The summed E-state index contributed by atoms with van der Waals surface area (Å²) in [5.41, 5.74) is 0.702. The lowest BCUT2D eigenvalue weighted by molar-refractivity contribution is 0.0636. The fourth-order valence-corrected chi connectivity index (χ4v) is 2.12. The zero-order valence-electron chi connectivity index (χ0n) is 14.5. The molecule has 2 aromatic carbocycles. The second-order valence-corrected chi connectivity index (χ2v) is 6.53. The van der Waals surface area contributed by atoms with Crippen LogP contribution < -0.4 is 10.6 Å². The zero-order chi connectivity index (χ0) is 18.4. The monoisotopic (exact) mass is 342 g/mol. The van der Waals surface area contributed by atoms with Crippen molar-refractivity contribution >= 4 is 17.7 Å². The van der Waals surface area contributed by atoms with Crippen molar-refractivity contribution in [2.24, 2.45) is 0 Å². The number of hydrogen-bond donors (Lipinski definition) is 3. The van der Waals surface area contributed by atoms with Crippen LogP contribution in [0.15, 0.2) is 48.5 Å². The van der Waals surface area contributed by atoms with E-state index in [2.05, 4.69) is 10.6 Å². The molecule has 0 aliphatic carbocycles. The Labute approximate surface area is 146 Å². The van der Waals surface area contributed by atoms with Gasteiger partial charge in [0, 0.05) is 6.54 Å². The molecule has 0 heterocycles. The van der Waals surface area contributed by atoms with E-state index in [1.54, 1.807) is 20.8 Å². The Bertz CT molecular complexity index is 752. The molecular weight excluding hydrogens is 320 g/mol. The summed E-state index contributed by atoms with van der Waals surface area (Å²) in [6.07, 6.45) is -0.671. The molecule has 0 saturated heterocycles. The first kappa shape index (κ1) is 18.3. The van der Waals surface area contributed by atoms with E-state index in [4.69, 9.17) is 4.74 Å². The fraction of sp³-hybridized carbons (Fsp3) is 0.263. The van der Waals surface area contributed by atoms with Gasteiger partial charge in [-0.15, -0.1) is 0 Å². The van der Waals surface area contributed by atoms with Crippen molar-refractivity contribution in [2.45, 2.75) is 32.9 Å². The molecule has 0 spiro atoms. The maximum Gasteiger partial charge on any atom is 0.412 e. The van der Waals surface area contributed by atoms with E-state index < -0.39 is 17.6 Å². The van der Waals surface area contributed by atoms with Crippen molar-refractivity contribution in [3.8, 4) is 5.75 Å². The van der Waals surface area contributed by atoms with Crippen molar-refractivity contribution in [1.82, 2.24) is 5.32 Å². The summed E-state index contributed by atoms with van der Waals surface area (Å²) >= 11 is 0. The highest BCUT2D eigenvalue weighted by Gasteiger charge is 2.19. The minimum atomic E-state index is -0.671. The van der Waals surface area contributed by atoms with Gasteiger partial charge in [-0.1, -0.05) is 30.3 Å². The average Bonchev–Trinajstić information content (AvgIpc) is 2.53. The highest BCUT2D eigenvalue weighted by Crippen LogP contribution is 2.22. The quantitative estimate of drug-likeness (QED) is 0.740. The molecule has 25 heavy (non-hydrogen) atoms. The summed E-state index contributed by atoms with van der Waals surface area (Å²) in [4.78, 5) is 24.4. The van der Waals surface area contributed by atoms with E-state index in [1.165, 1.54) is 18.2 Å². The second kappa shape index (κ2) is 7.70. The molecule has 3 N–H and O–H groups in total. The first-order valence-electron chi connectivity index (χ1n) is 7.90. The summed E-state index contributed by atoms with van der Waals surface area (Å²) in [5, 5.41) is 15.0. The van der Waals surface area contributed by atoms with Crippen molar-refractivity contribution < 1.29 is 19.4 Å². The van der Waals surface area contributed by atoms with Gasteiger partial charge in [-0.3, -0.25) is 10.1 Å². The molecule has 0 fully saturated rings. The van der Waals surface area contributed by atoms with E-state index in [0.717, 1.165) is 5.56 Å². The van der Waals surface area contributed by atoms with Crippen LogP contribution in [0, 0.1) is 0 Å². The van der Waals surface area contributed by atoms with Gasteiger partial charge >= 0.3 is 6.09 Å². The van der Waals surface area contributed by atoms with Gasteiger partial charge in [-0.25, -0.2) is 4.79 Å². The standard InChI is InChI=1S/C19H22N2O4/c1-19(2,3)25-18(24)21-16-10-9-14(22)11-15(16)17(23)20-12-13-7-5-4-6-8-13/h4-11,22H,12H2,1-3H3,(H,20,23)(H,21,24). The van der Waals surface area contributed by atoms with Crippen molar-refractivity contribution in [3.05, 3.63) is 59.7 Å². The lowest BCUT2D eigenvalue weighted by Gasteiger charge is -2.20. The number of rotatable bonds is 4. The number of carbonyl (C=O) groups excluding carboxylic acids is 2. The Morgan fingerprint density at radius 2 is 1.76 bits per heavy atom. The summed E-state index contributed by atoms with van der Waals surface area (Å²) in [6.45, 7) is 5.58. The fourth-order valence-electron chi connectivity index (χ4n) is 2.12. The Morgan fingerprint density at radius 1 is 1.08 bits per heavy atom. The Morgan fingerprint density at radius 3 is 2.40 bits per heavy atom. The van der Waals surface area contributed by atoms with Crippen molar-refractivity contribution in [2.75, 3.05) is 5.32 Å². The largest absolute Gasteiger partial charge is 0.508 e. The van der Waals surface area contributed by atoms with Crippen molar-refractivity contribution in [1.29, 1.82) is 0 Å². The molecule has 0 aromatic heterocycles. The molecule has 0 bridgehead atoms. The van der Waals surface area contributed by atoms with Gasteiger partial charge in [-0.05, 0) is 44.5 Å². The van der Waals surface area contributed by atoms with Gasteiger partial charge in [0.2, 0.25) is 0 Å². The number of phenols is 1. The average molecular weight is 342 g/mol. The van der Waals surface area contributed by atoms with Crippen LogP contribution in [0.2, 0.25) is 0 Å². The summed E-state index contributed by atoms with van der Waals surface area (Å²) in [6, 6.07) is 13.6. The minimum Gasteiger partial charge on any atom is -0.508 e. The number of benzene rings is 2. The number of carbonyl (C=O) groups is 2. The maximum absolute atomic E-state index is 12.4. The highest BCUT2D eigenvalue weighted by atomic mass is 16.6. The normalized spacial score (nSPS) is 10.8. The molecule has 0 radical (unpaired) electrons. The molecule has 2 amide bonds. The first-order valence-corrected chi connectivity index (χ1v) is 7.90. The van der Waals surface area contributed by atoms with Gasteiger partial charge in [0.15, 0.2) is 0 Å². The van der Waals surface area contributed by atoms with Gasteiger partial charge in [0.05, 0.1) is 11.3 Å². The molecule has 0 unspecified atom stereocenters. The van der Waals surface area contributed by atoms with Crippen LogP contribution in [0.3, 0.4) is 0 Å². The number of ether oxygens (including phenoxy) is 1. The third-order valence-electron chi connectivity index (χ3n) is 3.18. The predicted octanol–water partition coefficient (Wildman–Crippen LogP) is 3.67. The van der Waals surface area contributed by atoms with E-state index in [0.29, 0.717) is 6.54 Å². The molecule has 2 aromatic rings. The molecule has 0 atom stereocenters. The number of amides is 2. The van der Waals surface area contributed by atoms with Crippen LogP contribution in [-0.4, -0.2) is 22.7 Å². The summed E-state index contributed by atoms with van der Waals surface area (Å²) in [5.74, 6) is -0.481.